The van der Waals surface area contributed by atoms with E-state index in [1.807, 2.05) is 0 Å². The largest absolute Gasteiger partial charge is 0.507 e. The molecule has 0 atom stereocenters. The van der Waals surface area contributed by atoms with Crippen molar-refractivity contribution in [3.63, 3.8) is 0 Å². The lowest BCUT2D eigenvalue weighted by Crippen LogP contribution is -2.11. The third-order valence-electron chi connectivity index (χ3n) is 2.63. The van der Waals surface area contributed by atoms with Gasteiger partial charge in [-0.15, -0.1) is 0 Å². The minimum absolute atomic E-state index is 0.0311. The van der Waals surface area contributed by atoms with Gasteiger partial charge in [0, 0.05) is 16.6 Å². The van der Waals surface area contributed by atoms with Gasteiger partial charge < -0.3 is 15.5 Å². The van der Waals surface area contributed by atoms with Gasteiger partial charge in [0.1, 0.15) is 11.5 Å². The van der Waals surface area contributed by atoms with Crippen molar-refractivity contribution in [2.24, 2.45) is 0 Å². The first kappa shape index (κ1) is 12.0. The Morgan fingerprint density at radius 2 is 1.83 bits per heavy atom. The number of anilines is 1. The summed E-state index contributed by atoms with van der Waals surface area (Å²) in [7, 11) is 0. The van der Waals surface area contributed by atoms with Gasteiger partial charge in [0.15, 0.2) is 0 Å². The lowest BCUT2D eigenvalue weighted by Gasteiger charge is -2.10. The fourth-order valence-electron chi connectivity index (χ4n) is 1.71. The number of fused-ring (bicyclic) bond motifs is 1. The van der Waals surface area contributed by atoms with Gasteiger partial charge in [-0.25, -0.2) is 0 Å². The highest BCUT2D eigenvalue weighted by atomic mass is 16.3. The molecule has 0 aliphatic carbocycles. The van der Waals surface area contributed by atoms with E-state index >= 15 is 0 Å². The predicted molar refractivity (Wildman–Crippen MR) is 70.7 cm³/mol. The van der Waals surface area contributed by atoms with Gasteiger partial charge >= 0.3 is 0 Å². The van der Waals surface area contributed by atoms with Crippen LogP contribution in [-0.2, 0) is 4.79 Å². The molecule has 0 aromatic heterocycles. The molecule has 0 aliphatic heterocycles. The number of amides is 1. The summed E-state index contributed by atoms with van der Waals surface area (Å²) in [4.78, 5) is 11.6. The fourth-order valence-corrected chi connectivity index (χ4v) is 1.71. The molecule has 2 aromatic carbocycles. The molecule has 0 radical (unpaired) electrons. The molecule has 92 valence electrons. The van der Waals surface area contributed by atoms with Gasteiger partial charge in [-0.2, -0.15) is 0 Å². The average Bonchev–Trinajstić information content (AvgIpc) is 2.32. The summed E-state index contributed by atoms with van der Waals surface area (Å²) in [6, 6.07) is 7.84. The Morgan fingerprint density at radius 1 is 1.17 bits per heavy atom. The molecule has 4 nitrogen and oxygen atoms in total. The Kier molecular flexibility index (Phi) is 2.93. The molecule has 0 heterocycles. The van der Waals surface area contributed by atoms with Crippen LogP contribution in [0.4, 0.5) is 5.69 Å². The van der Waals surface area contributed by atoms with Crippen molar-refractivity contribution >= 4 is 22.4 Å². The third-order valence-corrected chi connectivity index (χ3v) is 2.63. The number of hydrogen-bond donors (Lipinski definition) is 3. The number of hydrogen-bond acceptors (Lipinski definition) is 3. The van der Waals surface area contributed by atoms with Crippen LogP contribution in [0.2, 0.25) is 0 Å². The van der Waals surface area contributed by atoms with E-state index in [0.717, 1.165) is 0 Å². The Balaban J connectivity index is 2.60. The van der Waals surface area contributed by atoms with E-state index in [9.17, 15) is 15.0 Å². The highest BCUT2D eigenvalue weighted by Crippen LogP contribution is 2.36. The third kappa shape index (κ3) is 2.00. The smallest absolute Gasteiger partial charge is 0.250 e. The van der Waals surface area contributed by atoms with Crippen LogP contribution in [0, 0.1) is 0 Å². The number of nitrogens with one attached hydrogen (secondary N) is 1. The van der Waals surface area contributed by atoms with Crippen LogP contribution in [0.25, 0.3) is 10.8 Å². The number of benzene rings is 2. The Bertz CT molecular complexity index is 639. The second kappa shape index (κ2) is 4.41. The van der Waals surface area contributed by atoms with Crippen LogP contribution in [-0.4, -0.2) is 16.1 Å². The summed E-state index contributed by atoms with van der Waals surface area (Å²) in [5.74, 6) is -0.363. The zero-order valence-electron chi connectivity index (χ0n) is 9.90. The second-order valence-corrected chi connectivity index (χ2v) is 4.07. The second-order valence-electron chi connectivity index (χ2n) is 4.07. The van der Waals surface area contributed by atoms with Crippen molar-refractivity contribution in [3.05, 3.63) is 42.5 Å². The highest BCUT2D eigenvalue weighted by Gasteiger charge is 2.11. The monoisotopic (exact) mass is 243 g/mol. The number of aromatic hydroxyl groups is 2. The number of carbonyl (C=O) groups excluding carboxylic acids is 1. The van der Waals surface area contributed by atoms with Gasteiger partial charge in [-0.05, 0) is 25.1 Å². The fraction of sp³-hybridized carbons (Fsp3) is 0.0714. The van der Waals surface area contributed by atoms with Crippen LogP contribution < -0.4 is 5.32 Å². The average molecular weight is 243 g/mol. The molecule has 0 bridgehead atoms. The molecule has 0 saturated heterocycles. The lowest BCUT2D eigenvalue weighted by atomic mass is 10.1. The van der Waals surface area contributed by atoms with Crippen LogP contribution >= 0.6 is 0 Å². The van der Waals surface area contributed by atoms with E-state index in [4.69, 9.17) is 0 Å². The van der Waals surface area contributed by atoms with E-state index < -0.39 is 0 Å². The van der Waals surface area contributed by atoms with E-state index in [2.05, 4.69) is 11.9 Å². The van der Waals surface area contributed by atoms with Gasteiger partial charge in [0.05, 0.1) is 5.39 Å². The van der Waals surface area contributed by atoms with Crippen molar-refractivity contribution < 1.29 is 15.0 Å². The zero-order chi connectivity index (χ0) is 13.3. The van der Waals surface area contributed by atoms with Crippen LogP contribution in [0.15, 0.2) is 42.5 Å². The van der Waals surface area contributed by atoms with Gasteiger partial charge in [-0.3, -0.25) is 4.79 Å². The summed E-state index contributed by atoms with van der Waals surface area (Å²) < 4.78 is 0. The molecule has 18 heavy (non-hydrogen) atoms. The van der Waals surface area contributed by atoms with Gasteiger partial charge in [-0.1, -0.05) is 18.7 Å². The summed E-state index contributed by atoms with van der Waals surface area (Å²) in [6.45, 7) is 5.16. The van der Waals surface area contributed by atoms with Crippen molar-refractivity contribution in [1.82, 2.24) is 0 Å². The van der Waals surface area contributed by atoms with Gasteiger partial charge in [0.25, 0.3) is 5.91 Å². The van der Waals surface area contributed by atoms with Crippen LogP contribution in [0.1, 0.15) is 6.92 Å². The standard InChI is InChI=1S/C14H13NO3/c1-8(2)14(18)15-10-6-7-12(17)13-9(10)4-3-5-11(13)16/h3-7,16-17H,1H2,2H3,(H,15,18). The molecule has 2 aromatic rings. The summed E-state index contributed by atoms with van der Waals surface area (Å²) >= 11 is 0. The summed E-state index contributed by atoms with van der Waals surface area (Å²) in [6.07, 6.45) is 0. The molecular weight excluding hydrogens is 230 g/mol. The molecule has 0 unspecified atom stereocenters. The molecule has 0 fully saturated rings. The first-order chi connectivity index (χ1) is 8.50. The number of phenolic OH excluding ortho intramolecular Hbond substituents is 2. The molecule has 4 heteroatoms. The minimum atomic E-state index is -0.301. The molecule has 0 aliphatic rings. The first-order valence-electron chi connectivity index (χ1n) is 5.41. The van der Waals surface area contributed by atoms with Crippen molar-refractivity contribution in [2.75, 3.05) is 5.32 Å². The van der Waals surface area contributed by atoms with Crippen molar-refractivity contribution in [2.45, 2.75) is 6.92 Å². The van der Waals surface area contributed by atoms with Gasteiger partial charge in [0.2, 0.25) is 0 Å². The summed E-state index contributed by atoms with van der Waals surface area (Å²) in [5, 5.41) is 23.0. The highest BCUT2D eigenvalue weighted by molar-refractivity contribution is 6.10. The summed E-state index contributed by atoms with van der Waals surface area (Å²) in [5.41, 5.74) is 0.906. The lowest BCUT2D eigenvalue weighted by molar-refractivity contribution is -0.112. The van der Waals surface area contributed by atoms with Crippen molar-refractivity contribution in [3.8, 4) is 11.5 Å². The number of rotatable bonds is 2. The molecular formula is C14H13NO3. The Labute approximate surface area is 104 Å². The van der Waals surface area contributed by atoms with E-state index in [0.29, 0.717) is 22.0 Å². The maximum absolute atomic E-state index is 11.6. The Hall–Kier alpha value is -2.49. The van der Waals surface area contributed by atoms with E-state index in [1.165, 1.54) is 12.1 Å². The number of phenols is 2. The zero-order valence-corrected chi connectivity index (χ0v) is 9.90. The van der Waals surface area contributed by atoms with E-state index in [1.54, 1.807) is 25.1 Å². The first-order valence-corrected chi connectivity index (χ1v) is 5.41. The SMILES string of the molecule is C=C(C)C(=O)Nc1ccc(O)c2c(O)cccc12. The molecule has 3 N–H and O–H groups in total. The maximum Gasteiger partial charge on any atom is 0.250 e. The van der Waals surface area contributed by atoms with Crippen molar-refractivity contribution in [1.29, 1.82) is 0 Å². The Morgan fingerprint density at radius 3 is 2.50 bits per heavy atom. The molecule has 2 rings (SSSR count). The van der Waals surface area contributed by atoms with Crippen LogP contribution in [0.5, 0.6) is 11.5 Å². The van der Waals surface area contributed by atoms with E-state index in [-0.39, 0.29) is 17.4 Å². The number of carbonyl (C=O) groups is 1. The normalized spacial score (nSPS) is 10.3. The topological polar surface area (TPSA) is 69.6 Å². The maximum atomic E-state index is 11.6. The minimum Gasteiger partial charge on any atom is -0.507 e. The molecule has 0 saturated carbocycles. The predicted octanol–water partition coefficient (Wildman–Crippen LogP) is 2.77. The molecule has 0 spiro atoms. The quantitative estimate of drug-likeness (QED) is 0.561. The molecule has 1 amide bonds. The van der Waals surface area contributed by atoms with Crippen LogP contribution in [0.3, 0.4) is 0 Å².